The number of anilines is 1. The molecule has 1 aromatic carbocycles. The number of aromatic nitrogens is 1. The van der Waals surface area contributed by atoms with E-state index < -0.39 is 27.6 Å². The van der Waals surface area contributed by atoms with Crippen molar-refractivity contribution < 1.29 is 23.1 Å². The highest BCUT2D eigenvalue weighted by Gasteiger charge is 2.32. The first-order valence-electron chi connectivity index (χ1n) is 10.7. The smallest absolute Gasteiger partial charge is 0.306 e. The van der Waals surface area contributed by atoms with Gasteiger partial charge in [-0.05, 0) is 49.9 Å². The Morgan fingerprint density at radius 3 is 2.82 bits per heavy atom. The van der Waals surface area contributed by atoms with Crippen LogP contribution in [-0.2, 0) is 14.6 Å². The van der Waals surface area contributed by atoms with Crippen molar-refractivity contribution in [1.29, 1.82) is 0 Å². The van der Waals surface area contributed by atoms with Crippen molar-refractivity contribution in [2.45, 2.75) is 35.8 Å². The lowest BCUT2D eigenvalue weighted by molar-refractivity contribution is -0.136. The number of nitrogens with zero attached hydrogens (tertiary/aromatic N) is 1. The molecule has 1 aliphatic rings. The zero-order valence-corrected chi connectivity index (χ0v) is 18.9. The molecule has 5 N–H and O–H groups in total. The van der Waals surface area contributed by atoms with E-state index in [1.807, 2.05) is 12.3 Å². The molecule has 178 valence electrons. The summed E-state index contributed by atoms with van der Waals surface area (Å²) in [6, 6.07) is 9.54. The first-order valence-corrected chi connectivity index (χ1v) is 12.2. The minimum atomic E-state index is -4.07. The first kappa shape index (κ1) is 24.5. The van der Waals surface area contributed by atoms with Crippen LogP contribution in [0, 0.1) is 0 Å². The third-order valence-electron chi connectivity index (χ3n) is 4.88. The van der Waals surface area contributed by atoms with Gasteiger partial charge in [-0.1, -0.05) is 18.2 Å². The average Bonchev–Trinajstić information content (AvgIpc) is 2.82. The number of hydrogen-bond donors (Lipinski definition) is 5. The highest BCUT2D eigenvalue weighted by Crippen LogP contribution is 2.29. The highest BCUT2D eigenvalue weighted by molar-refractivity contribution is 7.92. The molecule has 0 saturated heterocycles. The number of nitrogens with one attached hydrogen (secondary N) is 4. The summed E-state index contributed by atoms with van der Waals surface area (Å²) in [6.45, 7) is 1.90. The van der Waals surface area contributed by atoms with E-state index in [1.54, 1.807) is 36.5 Å². The van der Waals surface area contributed by atoms with Crippen molar-refractivity contribution >= 4 is 21.5 Å². The number of aliphatic carboxylic acids is 1. The molecule has 0 aliphatic carbocycles. The van der Waals surface area contributed by atoms with Crippen molar-refractivity contribution in [2.24, 2.45) is 0 Å². The molecule has 2 atom stereocenters. The minimum absolute atomic E-state index is 0.0280. The largest absolute Gasteiger partial charge is 0.492 e. The molecule has 1 aliphatic heterocycles. The lowest BCUT2D eigenvalue weighted by Crippen LogP contribution is -2.53. The van der Waals surface area contributed by atoms with Crippen LogP contribution < -0.4 is 26.0 Å². The Morgan fingerprint density at radius 2 is 2.09 bits per heavy atom. The molecule has 0 fully saturated rings. The number of carboxylic acid groups (broad SMARTS) is 1. The Balaban J connectivity index is 1.61. The van der Waals surface area contributed by atoms with E-state index >= 15 is 0 Å². The molecule has 0 bridgehead atoms. The monoisotopic (exact) mass is 475 g/mol. The topological polar surface area (TPSA) is 142 Å². The fraction of sp³-hybridized carbons (Fsp3) is 0.364. The van der Waals surface area contributed by atoms with Crippen LogP contribution in [-0.4, -0.2) is 55.8 Å². The Morgan fingerprint density at radius 1 is 1.24 bits per heavy atom. The Labute approximate surface area is 193 Å². The normalized spacial score (nSPS) is 16.5. The maximum atomic E-state index is 13.3. The summed E-state index contributed by atoms with van der Waals surface area (Å²) >= 11 is 0. The van der Waals surface area contributed by atoms with Gasteiger partial charge in [-0.2, -0.15) is 0 Å². The standard InChI is InChI=1S/C22H29N5O5S/c28-21(29)15-20(27-17-7-5-10-23-16-17)33(30,31)19-9-2-1-8-18(19)32-14-4-3-11-24-22-25-12-6-13-26-22/h1-2,5-10,12,16,20,22,24-27H,3-4,11,13-15H2,(H,28,29). The molecule has 0 saturated carbocycles. The molecule has 33 heavy (non-hydrogen) atoms. The summed E-state index contributed by atoms with van der Waals surface area (Å²) in [7, 11) is -4.07. The van der Waals surface area contributed by atoms with Crippen LogP contribution in [0.1, 0.15) is 19.3 Å². The first-order chi connectivity index (χ1) is 16.0. The number of sulfone groups is 1. The molecular weight excluding hydrogens is 446 g/mol. The van der Waals surface area contributed by atoms with Gasteiger partial charge in [0.1, 0.15) is 22.3 Å². The van der Waals surface area contributed by atoms with Gasteiger partial charge in [0.05, 0.1) is 18.7 Å². The fourth-order valence-corrected chi connectivity index (χ4v) is 4.88. The van der Waals surface area contributed by atoms with Gasteiger partial charge in [-0.15, -0.1) is 0 Å². The molecule has 3 rings (SSSR count). The molecule has 1 aromatic heterocycles. The number of para-hydroxylation sites is 1. The van der Waals surface area contributed by atoms with Crippen LogP contribution in [0.15, 0.2) is 66.0 Å². The maximum absolute atomic E-state index is 13.3. The zero-order valence-electron chi connectivity index (χ0n) is 18.1. The van der Waals surface area contributed by atoms with E-state index in [-0.39, 0.29) is 16.9 Å². The quantitative estimate of drug-likeness (QED) is 0.271. The SMILES string of the molecule is O=C(O)CC(Nc1cccnc1)S(=O)(=O)c1ccccc1OCCCCNC1NC=CCN1. The number of ether oxygens (including phenoxy) is 1. The maximum Gasteiger partial charge on any atom is 0.306 e. The molecule has 2 aromatic rings. The number of benzene rings is 1. The molecular formula is C22H29N5O5S. The van der Waals surface area contributed by atoms with E-state index in [9.17, 15) is 18.3 Å². The number of pyridine rings is 1. The van der Waals surface area contributed by atoms with Gasteiger partial charge in [0.15, 0.2) is 0 Å². The van der Waals surface area contributed by atoms with Crippen LogP contribution in [0.25, 0.3) is 0 Å². The zero-order chi connectivity index (χ0) is 23.5. The van der Waals surface area contributed by atoms with Crippen LogP contribution in [0.2, 0.25) is 0 Å². The van der Waals surface area contributed by atoms with E-state index in [4.69, 9.17) is 4.74 Å². The van der Waals surface area contributed by atoms with E-state index in [0.29, 0.717) is 12.3 Å². The van der Waals surface area contributed by atoms with Gasteiger partial charge in [-0.25, -0.2) is 8.42 Å². The van der Waals surface area contributed by atoms with Crippen molar-refractivity contribution in [2.75, 3.05) is 25.0 Å². The third kappa shape index (κ3) is 7.45. The molecule has 0 radical (unpaired) electrons. The van der Waals surface area contributed by atoms with Gasteiger partial charge in [0, 0.05) is 18.9 Å². The molecule has 11 heteroatoms. The van der Waals surface area contributed by atoms with Crippen LogP contribution in [0.3, 0.4) is 0 Å². The molecule has 0 spiro atoms. The Hall–Kier alpha value is -3.15. The summed E-state index contributed by atoms with van der Waals surface area (Å²) in [5.74, 6) is -1.03. The van der Waals surface area contributed by atoms with E-state index in [0.717, 1.165) is 25.9 Å². The minimum Gasteiger partial charge on any atom is -0.492 e. The summed E-state index contributed by atoms with van der Waals surface area (Å²) in [5, 5.41) is 20.4. The fourth-order valence-electron chi connectivity index (χ4n) is 3.24. The second-order valence-corrected chi connectivity index (χ2v) is 9.48. The summed E-state index contributed by atoms with van der Waals surface area (Å²) in [5.41, 5.74) is 0.413. The van der Waals surface area contributed by atoms with Gasteiger partial charge in [0.25, 0.3) is 0 Å². The predicted molar refractivity (Wildman–Crippen MR) is 124 cm³/mol. The number of hydrogen-bond acceptors (Lipinski definition) is 9. The number of carboxylic acids is 1. The third-order valence-corrected chi connectivity index (χ3v) is 6.86. The summed E-state index contributed by atoms with van der Waals surface area (Å²) < 4.78 is 32.5. The second kappa shape index (κ2) is 12.2. The molecule has 10 nitrogen and oxygen atoms in total. The number of rotatable bonds is 13. The summed E-state index contributed by atoms with van der Waals surface area (Å²) in [4.78, 5) is 15.3. The van der Waals surface area contributed by atoms with E-state index in [1.165, 1.54) is 12.3 Å². The lowest BCUT2D eigenvalue weighted by Gasteiger charge is -2.23. The predicted octanol–water partition coefficient (Wildman–Crippen LogP) is 1.51. The van der Waals surface area contributed by atoms with Crippen LogP contribution in [0.5, 0.6) is 5.75 Å². The van der Waals surface area contributed by atoms with Gasteiger partial charge in [0.2, 0.25) is 9.84 Å². The van der Waals surface area contributed by atoms with Crippen molar-refractivity contribution in [3.05, 3.63) is 61.1 Å². The molecule has 2 heterocycles. The van der Waals surface area contributed by atoms with Crippen molar-refractivity contribution in [3.63, 3.8) is 0 Å². The van der Waals surface area contributed by atoms with Crippen molar-refractivity contribution in [1.82, 2.24) is 20.9 Å². The highest BCUT2D eigenvalue weighted by atomic mass is 32.2. The van der Waals surface area contributed by atoms with E-state index in [2.05, 4.69) is 26.3 Å². The molecule has 0 amide bonds. The Kier molecular flexibility index (Phi) is 9.04. The Bertz CT molecular complexity index is 1030. The van der Waals surface area contributed by atoms with Gasteiger partial charge >= 0.3 is 5.97 Å². The second-order valence-electron chi connectivity index (χ2n) is 7.38. The van der Waals surface area contributed by atoms with Crippen molar-refractivity contribution in [3.8, 4) is 5.75 Å². The lowest BCUT2D eigenvalue weighted by atomic mass is 10.3. The average molecular weight is 476 g/mol. The number of unbranched alkanes of at least 4 members (excludes halogenated alkanes) is 1. The number of carbonyl (C=O) groups is 1. The van der Waals surface area contributed by atoms with Crippen LogP contribution in [0.4, 0.5) is 5.69 Å². The molecule has 2 unspecified atom stereocenters. The summed E-state index contributed by atoms with van der Waals surface area (Å²) in [6.07, 6.45) is 7.84. The van der Waals surface area contributed by atoms with Gasteiger partial charge in [-0.3, -0.25) is 20.4 Å². The van der Waals surface area contributed by atoms with Crippen LogP contribution >= 0.6 is 0 Å². The van der Waals surface area contributed by atoms with Gasteiger partial charge < -0.3 is 20.5 Å².